The third-order valence-electron chi connectivity index (χ3n) is 4.44. The molecule has 0 rings (SSSR count). The van der Waals surface area contributed by atoms with Crippen molar-refractivity contribution < 1.29 is 14.7 Å². The van der Waals surface area contributed by atoms with Crippen LogP contribution in [0.2, 0.25) is 0 Å². The summed E-state index contributed by atoms with van der Waals surface area (Å²) >= 11 is 0. The van der Waals surface area contributed by atoms with Crippen LogP contribution in [0.3, 0.4) is 0 Å². The summed E-state index contributed by atoms with van der Waals surface area (Å²) in [4.78, 5) is 30.3. The van der Waals surface area contributed by atoms with E-state index >= 15 is 0 Å². The van der Waals surface area contributed by atoms with Crippen molar-refractivity contribution in [2.24, 2.45) is 0 Å². The molecule has 0 radical (unpaired) electrons. The van der Waals surface area contributed by atoms with Crippen LogP contribution in [0.15, 0.2) is 0 Å². The summed E-state index contributed by atoms with van der Waals surface area (Å²) in [6, 6.07) is 0. The minimum atomic E-state index is -4.32. The summed E-state index contributed by atoms with van der Waals surface area (Å²) in [5, 5.41) is 0. The Hall–Kier alpha value is 0.310. The van der Waals surface area contributed by atoms with Crippen LogP contribution in [0.4, 0.5) is 0 Å². The van der Waals surface area contributed by atoms with Gasteiger partial charge in [-0.2, -0.15) is 0 Å². The predicted octanol–water partition coefficient (Wildman–Crippen LogP) is 5.76. The third-order valence-corrected chi connectivity index (χ3v) is 6.90. The average Bonchev–Trinajstić information content (AvgIpc) is 2.45. The molecule has 0 saturated heterocycles. The zero-order valence-electron chi connectivity index (χ0n) is 15.1. The average molecular weight is 336 g/mol. The van der Waals surface area contributed by atoms with Crippen molar-refractivity contribution in [3.8, 4) is 0 Å². The Balaban J connectivity index is 3.60. The Labute approximate surface area is 138 Å². The quantitative estimate of drug-likeness (QED) is 0.248. The minimum absolute atomic E-state index is 0.204. The zero-order chi connectivity index (χ0) is 16.8. The van der Waals surface area contributed by atoms with Crippen LogP contribution in [-0.2, 0) is 0 Å². The molecule has 0 aliphatic rings. The van der Waals surface area contributed by atoms with Crippen LogP contribution in [0.25, 0.3) is 0 Å². The van der Waals surface area contributed by atoms with Crippen LogP contribution in [0, 0.1) is 0 Å². The maximum atomic E-state index is 10.1. The van der Waals surface area contributed by atoms with E-state index in [9.17, 15) is 14.7 Å². The number of hydrogen-bond donors (Lipinski definition) is 3. The van der Waals surface area contributed by atoms with Gasteiger partial charge in [0.15, 0.2) is 0 Å². The van der Waals surface area contributed by atoms with E-state index in [4.69, 9.17) is 0 Å². The van der Waals surface area contributed by atoms with E-state index in [0.29, 0.717) is 0 Å². The van der Waals surface area contributed by atoms with Crippen molar-refractivity contribution in [1.82, 2.24) is 0 Å². The van der Waals surface area contributed by atoms with E-state index in [1.54, 1.807) is 0 Å². The van der Waals surface area contributed by atoms with E-state index in [-0.39, 0.29) is 12.3 Å². The monoisotopic (exact) mass is 336 g/mol. The fourth-order valence-electron chi connectivity index (χ4n) is 2.90. The van der Waals surface area contributed by atoms with Crippen LogP contribution in [0.1, 0.15) is 104 Å². The Kier molecular flexibility index (Phi) is 12.9. The molecule has 0 unspecified atom stereocenters. The second-order valence-corrected chi connectivity index (χ2v) is 10.6. The van der Waals surface area contributed by atoms with Gasteiger partial charge in [-0.25, -0.2) is 0 Å². The second-order valence-electron chi connectivity index (χ2n) is 7.03. The first-order valence-electron chi connectivity index (χ1n) is 9.65. The maximum absolute atomic E-state index is 10.1. The number of unbranched alkanes of at least 4 members (excludes halogenated alkanes) is 12. The van der Waals surface area contributed by atoms with Crippen LogP contribution < -0.4 is 0 Å². The predicted molar refractivity (Wildman–Crippen MR) is 99.3 cm³/mol. The van der Waals surface area contributed by atoms with Crippen LogP contribution >= 0.6 is 7.28 Å². The van der Waals surface area contributed by atoms with Gasteiger partial charge in [-0.1, -0.05) is 0 Å². The molecule has 0 bridgehead atoms. The fourth-order valence-corrected chi connectivity index (χ4v) is 4.86. The summed E-state index contributed by atoms with van der Waals surface area (Å²) in [6.45, 7) is 4.41. The molecule has 22 heavy (non-hydrogen) atoms. The molecule has 0 aromatic rings. The summed E-state index contributed by atoms with van der Waals surface area (Å²) in [7, 11) is -4.32. The van der Waals surface area contributed by atoms with Crippen molar-refractivity contribution in [2.75, 3.05) is 12.3 Å². The van der Waals surface area contributed by atoms with E-state index in [2.05, 4.69) is 13.8 Å². The first-order chi connectivity index (χ1) is 10.4. The Bertz CT molecular complexity index is 226. The molecular weight excluding hydrogens is 295 g/mol. The first-order valence-corrected chi connectivity index (χ1v) is 12.1. The molecule has 3 N–H and O–H groups in total. The second kappa shape index (κ2) is 12.7. The first kappa shape index (κ1) is 22.3. The Morgan fingerprint density at radius 3 is 1.05 bits per heavy atom. The Morgan fingerprint density at radius 1 is 0.455 bits per heavy atom. The third kappa shape index (κ3) is 15.2. The van der Waals surface area contributed by atoms with E-state index < -0.39 is 7.28 Å². The standard InChI is InChI=1S/C18H41O3P/c1-3-5-7-9-11-13-15-17-22(19,20,21)18-16-14-12-10-8-6-4-2/h19-21H,3-18H2,1-2H3. The fraction of sp³-hybridized carbons (Fsp3) is 1.00. The van der Waals surface area contributed by atoms with E-state index in [0.717, 1.165) is 38.5 Å². The van der Waals surface area contributed by atoms with Crippen molar-refractivity contribution >= 4 is 7.28 Å². The van der Waals surface area contributed by atoms with E-state index in [1.807, 2.05) is 0 Å². The molecule has 0 aromatic heterocycles. The SMILES string of the molecule is CCCCCCCCCP(O)(O)(O)CCCCCCCCC. The molecular formula is C18H41O3P. The summed E-state index contributed by atoms with van der Waals surface area (Å²) in [5.41, 5.74) is 0. The number of rotatable bonds is 16. The van der Waals surface area contributed by atoms with Crippen molar-refractivity contribution in [3.05, 3.63) is 0 Å². The van der Waals surface area contributed by atoms with Crippen LogP contribution in [0.5, 0.6) is 0 Å². The molecule has 0 saturated carbocycles. The van der Waals surface area contributed by atoms with Gasteiger partial charge in [-0.15, -0.1) is 0 Å². The normalized spacial score (nSPS) is 14.0. The van der Waals surface area contributed by atoms with Gasteiger partial charge in [0.2, 0.25) is 0 Å². The molecule has 4 heteroatoms. The number of hydrogen-bond acceptors (Lipinski definition) is 3. The van der Waals surface area contributed by atoms with Gasteiger partial charge >= 0.3 is 138 Å². The van der Waals surface area contributed by atoms with Crippen molar-refractivity contribution in [2.45, 2.75) is 104 Å². The zero-order valence-corrected chi connectivity index (χ0v) is 16.0. The summed E-state index contributed by atoms with van der Waals surface area (Å²) in [6.07, 6.45) is 16.2. The van der Waals surface area contributed by atoms with Gasteiger partial charge < -0.3 is 0 Å². The molecule has 0 aliphatic heterocycles. The molecule has 136 valence electrons. The van der Waals surface area contributed by atoms with Crippen molar-refractivity contribution in [1.29, 1.82) is 0 Å². The molecule has 0 aliphatic carbocycles. The molecule has 0 heterocycles. The molecule has 0 aromatic carbocycles. The van der Waals surface area contributed by atoms with Gasteiger partial charge in [-0.3, -0.25) is 0 Å². The molecule has 0 spiro atoms. The molecule has 3 nitrogen and oxygen atoms in total. The summed E-state index contributed by atoms with van der Waals surface area (Å²) < 4.78 is 0. The van der Waals surface area contributed by atoms with Gasteiger partial charge in [0.05, 0.1) is 0 Å². The molecule has 0 atom stereocenters. The van der Waals surface area contributed by atoms with Gasteiger partial charge in [-0.05, 0) is 0 Å². The molecule has 0 amide bonds. The molecule has 0 fully saturated rings. The van der Waals surface area contributed by atoms with Gasteiger partial charge in [0, 0.05) is 0 Å². The topological polar surface area (TPSA) is 60.7 Å². The van der Waals surface area contributed by atoms with Gasteiger partial charge in [0.1, 0.15) is 0 Å². The van der Waals surface area contributed by atoms with E-state index in [1.165, 1.54) is 51.4 Å². The summed E-state index contributed by atoms with van der Waals surface area (Å²) in [5.74, 6) is 0. The van der Waals surface area contributed by atoms with Gasteiger partial charge in [0.25, 0.3) is 0 Å². The van der Waals surface area contributed by atoms with Crippen LogP contribution in [-0.4, -0.2) is 27.0 Å². The Morgan fingerprint density at radius 2 is 0.727 bits per heavy atom. The van der Waals surface area contributed by atoms with Crippen molar-refractivity contribution in [3.63, 3.8) is 0 Å².